The summed E-state index contributed by atoms with van der Waals surface area (Å²) < 4.78 is 18.5. The van der Waals surface area contributed by atoms with Gasteiger partial charge in [-0.15, -0.1) is 11.8 Å². The first-order chi connectivity index (χ1) is 8.74. The second kappa shape index (κ2) is 6.31. The largest absolute Gasteiger partial charge is 0.493 e. The van der Waals surface area contributed by atoms with E-state index >= 15 is 0 Å². The van der Waals surface area contributed by atoms with Crippen LogP contribution in [0.25, 0.3) is 0 Å². The predicted molar refractivity (Wildman–Crippen MR) is 73.5 cm³/mol. The molecule has 0 saturated carbocycles. The molecule has 94 valence electrons. The highest BCUT2D eigenvalue weighted by Crippen LogP contribution is 2.19. The number of ether oxygens (including phenoxy) is 1. The lowest BCUT2D eigenvalue weighted by Gasteiger charge is -2.06. The quantitative estimate of drug-likeness (QED) is 0.509. The molecule has 2 aromatic carbocycles. The molecule has 0 heterocycles. The van der Waals surface area contributed by atoms with E-state index in [0.717, 1.165) is 22.1 Å². The van der Waals surface area contributed by atoms with E-state index in [-0.39, 0.29) is 5.82 Å². The van der Waals surface area contributed by atoms with Crippen molar-refractivity contribution < 1.29 is 9.13 Å². The molecule has 0 bridgehead atoms. The highest BCUT2D eigenvalue weighted by Gasteiger charge is 1.97. The molecule has 0 aromatic heterocycles. The summed E-state index contributed by atoms with van der Waals surface area (Å²) in [6, 6.07) is 13.8. The number of nitrogen functional groups attached to an aromatic ring is 1. The molecule has 0 aliphatic heterocycles. The number of hydrogen-bond donors (Lipinski definition) is 1. The standard InChI is InChI=1S/C14H14FNOS/c15-11-2-1-3-14(10-11)18-9-8-17-13-6-4-12(16)5-7-13/h1-7,10H,8-9,16H2. The highest BCUT2D eigenvalue weighted by atomic mass is 32.2. The molecule has 0 saturated heterocycles. The van der Waals surface area contributed by atoms with Crippen molar-refractivity contribution in [3.8, 4) is 5.75 Å². The number of rotatable bonds is 5. The molecule has 4 heteroatoms. The van der Waals surface area contributed by atoms with Crippen molar-refractivity contribution in [1.29, 1.82) is 0 Å². The van der Waals surface area contributed by atoms with Crippen molar-refractivity contribution in [3.63, 3.8) is 0 Å². The molecule has 2 N–H and O–H groups in total. The van der Waals surface area contributed by atoms with Crippen LogP contribution in [0.3, 0.4) is 0 Å². The second-order valence-electron chi connectivity index (χ2n) is 3.72. The van der Waals surface area contributed by atoms with Gasteiger partial charge in [0.05, 0.1) is 6.61 Å². The van der Waals surface area contributed by atoms with Crippen LogP contribution in [-0.2, 0) is 0 Å². The van der Waals surface area contributed by atoms with E-state index in [1.807, 2.05) is 18.2 Å². The third kappa shape index (κ3) is 3.96. The van der Waals surface area contributed by atoms with E-state index in [1.54, 1.807) is 30.0 Å². The molecule has 0 fully saturated rings. The highest BCUT2D eigenvalue weighted by molar-refractivity contribution is 7.99. The van der Waals surface area contributed by atoms with Gasteiger partial charge < -0.3 is 10.5 Å². The average Bonchev–Trinajstić information content (AvgIpc) is 2.37. The minimum absolute atomic E-state index is 0.209. The third-order valence-corrected chi connectivity index (χ3v) is 3.26. The maximum atomic E-state index is 12.9. The monoisotopic (exact) mass is 263 g/mol. The lowest BCUT2D eigenvalue weighted by molar-refractivity contribution is 0.344. The third-order valence-electron chi connectivity index (χ3n) is 2.30. The number of anilines is 1. The van der Waals surface area contributed by atoms with Crippen molar-refractivity contribution in [2.24, 2.45) is 0 Å². The van der Waals surface area contributed by atoms with Crippen molar-refractivity contribution in [2.75, 3.05) is 18.1 Å². The molecule has 0 radical (unpaired) electrons. The van der Waals surface area contributed by atoms with Gasteiger partial charge in [-0.2, -0.15) is 0 Å². The summed E-state index contributed by atoms with van der Waals surface area (Å²) in [5, 5.41) is 0. The molecule has 0 unspecified atom stereocenters. The van der Waals surface area contributed by atoms with Gasteiger partial charge >= 0.3 is 0 Å². The summed E-state index contributed by atoms with van der Waals surface area (Å²) >= 11 is 1.57. The maximum absolute atomic E-state index is 12.9. The van der Waals surface area contributed by atoms with Crippen LogP contribution in [0.5, 0.6) is 5.75 Å². The minimum Gasteiger partial charge on any atom is -0.493 e. The summed E-state index contributed by atoms with van der Waals surface area (Å²) in [6.07, 6.45) is 0. The Hall–Kier alpha value is -1.68. The normalized spacial score (nSPS) is 10.3. The summed E-state index contributed by atoms with van der Waals surface area (Å²) in [7, 11) is 0. The summed E-state index contributed by atoms with van der Waals surface area (Å²) in [6.45, 7) is 0.575. The van der Waals surface area contributed by atoms with Crippen molar-refractivity contribution in [1.82, 2.24) is 0 Å². The fourth-order valence-corrected chi connectivity index (χ4v) is 2.21. The number of hydrogen-bond acceptors (Lipinski definition) is 3. The van der Waals surface area contributed by atoms with Crippen LogP contribution >= 0.6 is 11.8 Å². The van der Waals surface area contributed by atoms with Gasteiger partial charge in [0.25, 0.3) is 0 Å². The smallest absolute Gasteiger partial charge is 0.124 e. The number of halogens is 1. The molecule has 0 amide bonds. The van der Waals surface area contributed by atoms with Crippen LogP contribution in [0, 0.1) is 5.82 Å². The maximum Gasteiger partial charge on any atom is 0.124 e. The Morgan fingerprint density at radius 1 is 1.11 bits per heavy atom. The molecular formula is C14H14FNOS. The SMILES string of the molecule is Nc1ccc(OCCSc2cccc(F)c2)cc1. The van der Waals surface area contributed by atoms with E-state index in [9.17, 15) is 4.39 Å². The lowest BCUT2D eigenvalue weighted by Crippen LogP contribution is -2.00. The average molecular weight is 263 g/mol. The zero-order chi connectivity index (χ0) is 12.8. The number of thioether (sulfide) groups is 1. The Morgan fingerprint density at radius 2 is 1.89 bits per heavy atom. The van der Waals surface area contributed by atoms with E-state index < -0.39 is 0 Å². The Bertz CT molecular complexity index is 501. The van der Waals surface area contributed by atoms with E-state index in [0.29, 0.717) is 6.61 Å². The van der Waals surface area contributed by atoms with E-state index in [4.69, 9.17) is 10.5 Å². The first-order valence-corrected chi connectivity index (χ1v) is 6.59. The number of nitrogens with two attached hydrogens (primary N) is 1. The van der Waals surface area contributed by atoms with Gasteiger partial charge in [0, 0.05) is 16.3 Å². The van der Waals surface area contributed by atoms with Gasteiger partial charge in [-0.3, -0.25) is 0 Å². The van der Waals surface area contributed by atoms with Gasteiger partial charge in [-0.05, 0) is 42.5 Å². The van der Waals surface area contributed by atoms with Crippen molar-refractivity contribution in [2.45, 2.75) is 4.90 Å². The van der Waals surface area contributed by atoms with Crippen LogP contribution in [0.1, 0.15) is 0 Å². The summed E-state index contributed by atoms with van der Waals surface area (Å²) in [5.74, 6) is 1.36. The zero-order valence-corrected chi connectivity index (χ0v) is 10.6. The van der Waals surface area contributed by atoms with Crippen LogP contribution in [-0.4, -0.2) is 12.4 Å². The van der Waals surface area contributed by atoms with Crippen LogP contribution < -0.4 is 10.5 Å². The van der Waals surface area contributed by atoms with Crippen LogP contribution in [0.4, 0.5) is 10.1 Å². The number of benzene rings is 2. The lowest BCUT2D eigenvalue weighted by atomic mass is 10.3. The zero-order valence-electron chi connectivity index (χ0n) is 9.80. The molecule has 2 rings (SSSR count). The Balaban J connectivity index is 1.74. The fourth-order valence-electron chi connectivity index (χ4n) is 1.44. The summed E-state index contributed by atoms with van der Waals surface area (Å²) in [5.41, 5.74) is 6.30. The Labute approximate surface area is 110 Å². The molecule has 0 atom stereocenters. The molecule has 2 aromatic rings. The molecule has 0 spiro atoms. The minimum atomic E-state index is -0.209. The van der Waals surface area contributed by atoms with Gasteiger partial charge in [-0.25, -0.2) is 4.39 Å². The van der Waals surface area contributed by atoms with Crippen molar-refractivity contribution >= 4 is 17.4 Å². The first-order valence-electron chi connectivity index (χ1n) is 5.61. The van der Waals surface area contributed by atoms with Gasteiger partial charge in [0.2, 0.25) is 0 Å². The van der Waals surface area contributed by atoms with E-state index in [2.05, 4.69) is 0 Å². The first kappa shape index (κ1) is 12.8. The fraction of sp³-hybridized carbons (Fsp3) is 0.143. The van der Waals surface area contributed by atoms with Gasteiger partial charge in [-0.1, -0.05) is 6.07 Å². The van der Waals surface area contributed by atoms with Crippen LogP contribution in [0.15, 0.2) is 53.4 Å². The van der Waals surface area contributed by atoms with Gasteiger partial charge in [0.1, 0.15) is 11.6 Å². The Kier molecular flexibility index (Phi) is 4.47. The topological polar surface area (TPSA) is 35.2 Å². The van der Waals surface area contributed by atoms with Crippen molar-refractivity contribution in [3.05, 3.63) is 54.3 Å². The Morgan fingerprint density at radius 3 is 2.61 bits per heavy atom. The molecule has 0 aliphatic carbocycles. The van der Waals surface area contributed by atoms with Crippen LogP contribution in [0.2, 0.25) is 0 Å². The molecular weight excluding hydrogens is 249 g/mol. The summed E-state index contributed by atoms with van der Waals surface area (Å²) in [4.78, 5) is 0.913. The predicted octanol–water partition coefficient (Wildman–Crippen LogP) is 3.58. The molecule has 0 aliphatic rings. The van der Waals surface area contributed by atoms with E-state index in [1.165, 1.54) is 12.1 Å². The second-order valence-corrected chi connectivity index (χ2v) is 4.89. The molecule has 18 heavy (non-hydrogen) atoms. The van der Waals surface area contributed by atoms with Gasteiger partial charge in [0.15, 0.2) is 0 Å². The molecule has 2 nitrogen and oxygen atoms in total.